The predicted octanol–water partition coefficient (Wildman–Crippen LogP) is 2.97. The van der Waals surface area contributed by atoms with Crippen molar-refractivity contribution in [2.75, 3.05) is 34.7 Å². The van der Waals surface area contributed by atoms with Crippen molar-refractivity contribution in [3.8, 4) is 0 Å². The van der Waals surface area contributed by atoms with Crippen molar-refractivity contribution in [1.82, 2.24) is 15.3 Å². The minimum Gasteiger partial charge on any atom is -0.387 e. The lowest BCUT2D eigenvalue weighted by atomic mass is 10.0. The van der Waals surface area contributed by atoms with Gasteiger partial charge in [0.25, 0.3) is 0 Å². The molecule has 2 atom stereocenters. The molecule has 0 aromatic heterocycles. The molecule has 0 fully saturated rings. The highest BCUT2D eigenvalue weighted by Crippen LogP contribution is 2.18. The van der Waals surface area contributed by atoms with E-state index < -0.39 is 6.10 Å². The number of hydrogen-bond acceptors (Lipinski definition) is 4. The lowest BCUT2D eigenvalue weighted by Crippen LogP contribution is -2.32. The minimum absolute atomic E-state index is 0.141. The van der Waals surface area contributed by atoms with Crippen LogP contribution in [0.1, 0.15) is 24.2 Å². The largest absolute Gasteiger partial charge is 0.387 e. The maximum atomic E-state index is 9.92. The molecule has 2 aromatic carbocycles. The van der Waals surface area contributed by atoms with Crippen LogP contribution in [-0.4, -0.2) is 55.8 Å². The van der Waals surface area contributed by atoms with Gasteiger partial charge in [0.1, 0.15) is 0 Å². The number of hydrazine groups is 1. The zero-order chi connectivity index (χ0) is 18.7. The summed E-state index contributed by atoms with van der Waals surface area (Å²) in [5.74, 6) is 0. The second kappa shape index (κ2) is 11.8. The maximum Gasteiger partial charge on any atom is 0.0942 e. The van der Waals surface area contributed by atoms with Gasteiger partial charge < -0.3 is 10.0 Å². The van der Waals surface area contributed by atoms with Crippen molar-refractivity contribution >= 4 is 0 Å². The molecule has 4 nitrogen and oxygen atoms in total. The van der Waals surface area contributed by atoms with Crippen molar-refractivity contribution in [3.05, 3.63) is 71.8 Å². The first-order valence-corrected chi connectivity index (χ1v) is 8.77. The van der Waals surface area contributed by atoms with Crippen molar-refractivity contribution in [2.24, 2.45) is 0 Å². The number of aliphatic hydroxyl groups is 1. The molecule has 2 rings (SSSR count). The number of aliphatic hydroxyl groups excluding tert-OH is 1. The Labute approximate surface area is 153 Å². The first-order valence-electron chi connectivity index (χ1n) is 8.77. The summed E-state index contributed by atoms with van der Waals surface area (Å²) in [5, 5.41) is 12.0. The Morgan fingerprint density at radius 2 is 1.44 bits per heavy atom. The van der Waals surface area contributed by atoms with Gasteiger partial charge in [0.2, 0.25) is 0 Å². The fourth-order valence-electron chi connectivity index (χ4n) is 2.26. The van der Waals surface area contributed by atoms with Crippen molar-refractivity contribution in [3.63, 3.8) is 0 Å². The van der Waals surface area contributed by atoms with Gasteiger partial charge in [0.05, 0.1) is 6.10 Å². The molecule has 25 heavy (non-hydrogen) atoms. The summed E-state index contributed by atoms with van der Waals surface area (Å²) in [7, 11) is 7.92. The summed E-state index contributed by atoms with van der Waals surface area (Å²) in [6.07, 6.45) is 0.689. The Hall–Kier alpha value is -1.72. The van der Waals surface area contributed by atoms with Crippen LogP contribution in [0.25, 0.3) is 0 Å². The third-order valence-electron chi connectivity index (χ3n) is 4.37. The SMILES string of the molecule is CC(C(O)c1ccccc1)N(C)C.CNN(C)CCc1ccccc1. The van der Waals surface area contributed by atoms with Crippen LogP contribution in [0, 0.1) is 0 Å². The van der Waals surface area contributed by atoms with Gasteiger partial charge in [-0.05, 0) is 45.6 Å². The second-order valence-corrected chi connectivity index (χ2v) is 6.44. The smallest absolute Gasteiger partial charge is 0.0942 e. The first kappa shape index (κ1) is 21.3. The number of benzene rings is 2. The molecule has 0 aliphatic rings. The highest BCUT2D eigenvalue weighted by atomic mass is 16.3. The molecule has 2 aromatic rings. The molecule has 0 bridgehead atoms. The van der Waals surface area contributed by atoms with Crippen molar-refractivity contribution < 1.29 is 5.11 Å². The third kappa shape index (κ3) is 8.27. The molecular weight excluding hydrogens is 310 g/mol. The summed E-state index contributed by atoms with van der Waals surface area (Å²) in [5.41, 5.74) is 5.43. The van der Waals surface area contributed by atoms with E-state index in [1.165, 1.54) is 5.56 Å². The van der Waals surface area contributed by atoms with Gasteiger partial charge in [-0.25, -0.2) is 5.01 Å². The molecule has 4 heteroatoms. The fraction of sp³-hybridized carbons (Fsp3) is 0.429. The molecule has 0 spiro atoms. The highest BCUT2D eigenvalue weighted by molar-refractivity contribution is 5.18. The monoisotopic (exact) mass is 343 g/mol. The van der Waals surface area contributed by atoms with E-state index in [0.717, 1.165) is 18.5 Å². The van der Waals surface area contributed by atoms with Crippen molar-refractivity contribution in [1.29, 1.82) is 0 Å². The quantitative estimate of drug-likeness (QED) is 0.758. The van der Waals surface area contributed by atoms with E-state index >= 15 is 0 Å². The van der Waals surface area contributed by atoms with Crippen LogP contribution < -0.4 is 5.43 Å². The van der Waals surface area contributed by atoms with Crippen LogP contribution in [0.5, 0.6) is 0 Å². The molecule has 0 aliphatic heterocycles. The average molecular weight is 344 g/mol. The summed E-state index contributed by atoms with van der Waals surface area (Å²) < 4.78 is 0. The number of nitrogens with one attached hydrogen (secondary N) is 1. The van der Waals surface area contributed by atoms with E-state index in [-0.39, 0.29) is 6.04 Å². The summed E-state index contributed by atoms with van der Waals surface area (Å²) in [4.78, 5) is 2.01. The van der Waals surface area contributed by atoms with Crippen LogP contribution >= 0.6 is 0 Å². The van der Waals surface area contributed by atoms with Crippen LogP contribution in [-0.2, 0) is 6.42 Å². The van der Waals surface area contributed by atoms with E-state index in [1.807, 2.05) is 76.4 Å². The topological polar surface area (TPSA) is 38.7 Å². The molecule has 138 valence electrons. The minimum atomic E-state index is -0.406. The molecule has 0 saturated heterocycles. The summed E-state index contributed by atoms with van der Waals surface area (Å²) in [6, 6.07) is 20.4. The summed E-state index contributed by atoms with van der Waals surface area (Å²) >= 11 is 0. The van der Waals surface area contributed by atoms with E-state index in [4.69, 9.17) is 0 Å². The zero-order valence-electron chi connectivity index (χ0n) is 16.2. The zero-order valence-corrected chi connectivity index (χ0v) is 16.2. The van der Waals surface area contributed by atoms with Gasteiger partial charge in [0.15, 0.2) is 0 Å². The standard InChI is InChI=1S/C11H17NO.C10H16N2/c1-9(12(2)3)11(13)10-7-5-4-6-8-10;1-11-12(2)9-8-10-6-4-3-5-7-10/h4-9,11,13H,1-3H3;3-7,11H,8-9H2,1-2H3. The number of nitrogens with zero attached hydrogens (tertiary/aromatic N) is 2. The molecule has 2 N–H and O–H groups in total. The van der Waals surface area contributed by atoms with Crippen LogP contribution in [0.3, 0.4) is 0 Å². The van der Waals surface area contributed by atoms with Gasteiger partial charge in [-0.15, -0.1) is 0 Å². The number of hydrogen-bond donors (Lipinski definition) is 2. The Balaban J connectivity index is 0.000000251. The molecule has 0 saturated carbocycles. The molecular formula is C21H33N3O. The van der Waals surface area contributed by atoms with Gasteiger partial charge in [-0.3, -0.25) is 5.43 Å². The van der Waals surface area contributed by atoms with Gasteiger partial charge in [-0.2, -0.15) is 0 Å². The van der Waals surface area contributed by atoms with Gasteiger partial charge in [-0.1, -0.05) is 60.7 Å². The van der Waals surface area contributed by atoms with E-state index in [2.05, 4.69) is 34.7 Å². The molecule has 0 amide bonds. The predicted molar refractivity (Wildman–Crippen MR) is 106 cm³/mol. The molecule has 0 radical (unpaired) electrons. The van der Waals surface area contributed by atoms with Crippen molar-refractivity contribution in [2.45, 2.75) is 25.5 Å². The lowest BCUT2D eigenvalue weighted by molar-refractivity contribution is 0.0858. The van der Waals surface area contributed by atoms with E-state index in [1.54, 1.807) is 0 Å². The van der Waals surface area contributed by atoms with Gasteiger partial charge in [0, 0.05) is 19.6 Å². The number of rotatable bonds is 7. The first-order chi connectivity index (χ1) is 12.0. The second-order valence-electron chi connectivity index (χ2n) is 6.44. The van der Waals surface area contributed by atoms with Crippen LogP contribution in [0.4, 0.5) is 0 Å². The lowest BCUT2D eigenvalue weighted by Gasteiger charge is -2.25. The maximum absolute atomic E-state index is 9.92. The number of likely N-dealkylation sites (N-methyl/N-ethyl adjacent to an activating group) is 2. The Morgan fingerprint density at radius 1 is 0.920 bits per heavy atom. The van der Waals surface area contributed by atoms with E-state index in [9.17, 15) is 5.11 Å². The molecule has 2 unspecified atom stereocenters. The molecule has 0 heterocycles. The summed E-state index contributed by atoms with van der Waals surface area (Å²) in [6.45, 7) is 3.05. The van der Waals surface area contributed by atoms with Gasteiger partial charge >= 0.3 is 0 Å². The Bertz CT molecular complexity index is 560. The van der Waals surface area contributed by atoms with Crippen LogP contribution in [0.15, 0.2) is 60.7 Å². The Morgan fingerprint density at radius 3 is 1.92 bits per heavy atom. The van der Waals surface area contributed by atoms with E-state index in [0.29, 0.717) is 0 Å². The molecule has 0 aliphatic carbocycles. The third-order valence-corrected chi connectivity index (χ3v) is 4.37. The fourth-order valence-corrected chi connectivity index (χ4v) is 2.26. The average Bonchev–Trinajstić information content (AvgIpc) is 2.66. The highest BCUT2D eigenvalue weighted by Gasteiger charge is 2.17. The normalized spacial score (nSPS) is 13.3. The Kier molecular flexibility index (Phi) is 10.0. The van der Waals surface area contributed by atoms with Crippen LogP contribution in [0.2, 0.25) is 0 Å².